The Hall–Kier alpha value is -2.42. The van der Waals surface area contributed by atoms with Crippen LogP contribution >= 0.6 is 11.3 Å². The fraction of sp³-hybridized carbons (Fsp3) is 0.476. The molecule has 0 radical (unpaired) electrons. The molecule has 1 aromatic carbocycles. The maximum atomic E-state index is 13.1. The van der Waals surface area contributed by atoms with Crippen LogP contribution in [0.4, 0.5) is 13.2 Å². The van der Waals surface area contributed by atoms with Gasteiger partial charge in [-0.15, -0.1) is 11.3 Å². The fourth-order valence-corrected chi connectivity index (χ4v) is 4.54. The molecule has 0 saturated carbocycles. The SMILES string of the molecule is O=C(O)Cc1csc(CC(=O)N2CCC(CCc3ccccc3C(F)(F)F)CC2)n1. The first-order chi connectivity index (χ1) is 14.2. The number of likely N-dealkylation sites (tertiary alicyclic amines) is 1. The summed E-state index contributed by atoms with van der Waals surface area (Å²) in [4.78, 5) is 29.2. The van der Waals surface area contributed by atoms with Gasteiger partial charge < -0.3 is 10.0 Å². The third-order valence-electron chi connectivity index (χ3n) is 5.35. The van der Waals surface area contributed by atoms with Gasteiger partial charge in [0.1, 0.15) is 5.01 Å². The average Bonchev–Trinajstić information content (AvgIpc) is 3.12. The standard InChI is InChI=1S/C21H23F3N2O3S/c22-21(23,24)17-4-2-1-3-15(17)6-5-14-7-9-26(10-8-14)19(27)12-18-25-16(13-30-18)11-20(28)29/h1-4,13-14H,5-12H2,(H,28,29). The third-order valence-corrected chi connectivity index (χ3v) is 6.24. The van der Waals surface area contributed by atoms with Crippen molar-refractivity contribution < 1.29 is 27.9 Å². The summed E-state index contributed by atoms with van der Waals surface area (Å²) in [5.41, 5.74) is 0.209. The zero-order chi connectivity index (χ0) is 21.7. The lowest BCUT2D eigenvalue weighted by atomic mass is 9.89. The molecule has 1 aliphatic heterocycles. The minimum Gasteiger partial charge on any atom is -0.481 e. The van der Waals surface area contributed by atoms with Crippen LogP contribution in [0.2, 0.25) is 0 Å². The fourth-order valence-electron chi connectivity index (χ4n) is 3.75. The lowest BCUT2D eigenvalue weighted by Gasteiger charge is -2.32. The number of carboxylic acid groups (broad SMARTS) is 1. The Morgan fingerprint density at radius 3 is 2.53 bits per heavy atom. The van der Waals surface area contributed by atoms with Gasteiger partial charge in [-0.3, -0.25) is 9.59 Å². The lowest BCUT2D eigenvalue weighted by molar-refractivity contribution is -0.138. The van der Waals surface area contributed by atoms with Gasteiger partial charge in [0.2, 0.25) is 5.91 Å². The van der Waals surface area contributed by atoms with Gasteiger partial charge in [0.25, 0.3) is 0 Å². The number of amides is 1. The normalized spacial score (nSPS) is 15.4. The molecule has 0 bridgehead atoms. The first kappa shape index (κ1) is 22.3. The van der Waals surface area contributed by atoms with E-state index in [1.165, 1.54) is 23.5 Å². The Kier molecular flexibility index (Phi) is 7.12. The number of aryl methyl sites for hydroxylation is 1. The highest BCUT2D eigenvalue weighted by Crippen LogP contribution is 2.33. The van der Waals surface area contributed by atoms with Crippen molar-refractivity contribution in [2.75, 3.05) is 13.1 Å². The quantitative estimate of drug-likeness (QED) is 0.701. The molecule has 9 heteroatoms. The molecule has 1 amide bonds. The van der Waals surface area contributed by atoms with Crippen molar-refractivity contribution >= 4 is 23.2 Å². The molecule has 0 spiro atoms. The Morgan fingerprint density at radius 1 is 1.17 bits per heavy atom. The van der Waals surface area contributed by atoms with Gasteiger partial charge in [-0.25, -0.2) is 4.98 Å². The van der Waals surface area contributed by atoms with Crippen LogP contribution < -0.4 is 0 Å². The number of piperidine rings is 1. The first-order valence-corrected chi connectivity index (χ1v) is 10.7. The van der Waals surface area contributed by atoms with Crippen LogP contribution in [0.5, 0.6) is 0 Å². The smallest absolute Gasteiger partial charge is 0.416 e. The summed E-state index contributed by atoms with van der Waals surface area (Å²) in [6, 6.07) is 5.70. The van der Waals surface area contributed by atoms with E-state index in [1.807, 2.05) is 0 Å². The molecule has 1 aliphatic rings. The molecular weight excluding hydrogens is 417 g/mol. The van der Waals surface area contributed by atoms with Crippen LogP contribution in [0.1, 0.15) is 41.1 Å². The second-order valence-electron chi connectivity index (χ2n) is 7.50. The van der Waals surface area contributed by atoms with E-state index >= 15 is 0 Å². The number of halogens is 3. The number of carboxylic acids is 1. The van der Waals surface area contributed by atoms with E-state index in [1.54, 1.807) is 16.3 Å². The average molecular weight is 440 g/mol. The van der Waals surface area contributed by atoms with Crippen molar-refractivity contribution in [3.8, 4) is 0 Å². The third kappa shape index (κ3) is 6.04. The van der Waals surface area contributed by atoms with Gasteiger partial charge in [-0.2, -0.15) is 13.2 Å². The highest BCUT2D eigenvalue weighted by molar-refractivity contribution is 7.09. The van der Waals surface area contributed by atoms with Crippen molar-refractivity contribution in [3.05, 3.63) is 51.5 Å². The summed E-state index contributed by atoms with van der Waals surface area (Å²) in [5.74, 6) is -0.720. The van der Waals surface area contributed by atoms with E-state index in [0.717, 1.165) is 18.9 Å². The van der Waals surface area contributed by atoms with E-state index in [-0.39, 0.29) is 24.7 Å². The van der Waals surface area contributed by atoms with Crippen molar-refractivity contribution in [2.45, 2.75) is 44.7 Å². The van der Waals surface area contributed by atoms with Gasteiger partial charge in [0.05, 0.1) is 24.1 Å². The predicted molar refractivity (Wildman–Crippen MR) is 106 cm³/mol. The number of rotatable bonds is 7. The number of alkyl halides is 3. The molecule has 30 heavy (non-hydrogen) atoms. The lowest BCUT2D eigenvalue weighted by Crippen LogP contribution is -2.39. The molecule has 1 fully saturated rings. The maximum absolute atomic E-state index is 13.1. The summed E-state index contributed by atoms with van der Waals surface area (Å²) in [5, 5.41) is 11.0. The molecule has 1 N–H and O–H groups in total. The number of carbonyl (C=O) groups excluding carboxylic acids is 1. The summed E-state index contributed by atoms with van der Waals surface area (Å²) in [6.07, 6.45) is -1.78. The van der Waals surface area contributed by atoms with Gasteiger partial charge in [0, 0.05) is 18.5 Å². The predicted octanol–water partition coefficient (Wildman–Crippen LogP) is 4.20. The molecule has 162 valence electrons. The van der Waals surface area contributed by atoms with Crippen LogP contribution in [0.3, 0.4) is 0 Å². The van der Waals surface area contributed by atoms with E-state index in [0.29, 0.717) is 42.2 Å². The number of carbonyl (C=O) groups is 2. The van der Waals surface area contributed by atoms with E-state index < -0.39 is 17.7 Å². The van der Waals surface area contributed by atoms with Crippen LogP contribution in [0, 0.1) is 5.92 Å². The minimum atomic E-state index is -4.34. The molecule has 0 unspecified atom stereocenters. The molecule has 2 aromatic rings. The maximum Gasteiger partial charge on any atom is 0.416 e. The topological polar surface area (TPSA) is 70.5 Å². The number of aliphatic carboxylic acids is 1. The summed E-state index contributed by atoms with van der Waals surface area (Å²) in [7, 11) is 0. The molecule has 1 aromatic heterocycles. The Bertz CT molecular complexity index is 890. The van der Waals surface area contributed by atoms with Crippen molar-refractivity contribution in [3.63, 3.8) is 0 Å². The van der Waals surface area contributed by atoms with Gasteiger partial charge >= 0.3 is 12.1 Å². The highest BCUT2D eigenvalue weighted by atomic mass is 32.1. The molecule has 2 heterocycles. The summed E-state index contributed by atoms with van der Waals surface area (Å²) in [6.45, 7) is 1.16. The van der Waals surface area contributed by atoms with Gasteiger partial charge in [-0.1, -0.05) is 18.2 Å². The van der Waals surface area contributed by atoms with Crippen molar-refractivity contribution in [1.29, 1.82) is 0 Å². The number of hydrogen-bond acceptors (Lipinski definition) is 4. The first-order valence-electron chi connectivity index (χ1n) is 9.80. The van der Waals surface area contributed by atoms with Crippen molar-refractivity contribution in [2.24, 2.45) is 5.92 Å². The zero-order valence-electron chi connectivity index (χ0n) is 16.3. The summed E-state index contributed by atoms with van der Waals surface area (Å²) < 4.78 is 39.4. The van der Waals surface area contributed by atoms with Crippen LogP contribution in [-0.4, -0.2) is 40.0 Å². The van der Waals surface area contributed by atoms with Crippen LogP contribution in [0.15, 0.2) is 29.6 Å². The number of thiazole rings is 1. The molecular formula is C21H23F3N2O3S. The number of aromatic nitrogens is 1. The molecule has 0 aliphatic carbocycles. The summed E-state index contributed by atoms with van der Waals surface area (Å²) >= 11 is 1.28. The van der Waals surface area contributed by atoms with E-state index in [2.05, 4.69) is 4.98 Å². The second kappa shape index (κ2) is 9.59. The van der Waals surface area contributed by atoms with Gasteiger partial charge in [-0.05, 0) is 43.2 Å². The highest BCUT2D eigenvalue weighted by Gasteiger charge is 2.33. The largest absolute Gasteiger partial charge is 0.481 e. The number of hydrogen-bond donors (Lipinski definition) is 1. The Balaban J connectivity index is 1.46. The number of nitrogens with zero attached hydrogens (tertiary/aromatic N) is 2. The minimum absolute atomic E-state index is 0.0490. The second-order valence-corrected chi connectivity index (χ2v) is 8.44. The Labute approximate surface area is 176 Å². The molecule has 1 saturated heterocycles. The van der Waals surface area contributed by atoms with Crippen LogP contribution in [0.25, 0.3) is 0 Å². The molecule has 5 nitrogen and oxygen atoms in total. The van der Waals surface area contributed by atoms with E-state index in [9.17, 15) is 22.8 Å². The zero-order valence-corrected chi connectivity index (χ0v) is 17.1. The van der Waals surface area contributed by atoms with E-state index in [4.69, 9.17) is 5.11 Å². The monoisotopic (exact) mass is 440 g/mol. The molecule has 3 rings (SSSR count). The molecule has 0 atom stereocenters. The van der Waals surface area contributed by atoms with Crippen LogP contribution in [-0.2, 0) is 35.0 Å². The number of benzene rings is 1. The van der Waals surface area contributed by atoms with Crippen molar-refractivity contribution in [1.82, 2.24) is 9.88 Å². The van der Waals surface area contributed by atoms with Gasteiger partial charge in [0.15, 0.2) is 0 Å². The Morgan fingerprint density at radius 2 is 1.87 bits per heavy atom.